The Bertz CT molecular complexity index is 378. The van der Waals surface area contributed by atoms with Crippen LogP contribution in [0.15, 0.2) is 12.1 Å². The van der Waals surface area contributed by atoms with E-state index in [0.29, 0.717) is 22.6 Å². The molecule has 0 aliphatic heterocycles. The van der Waals surface area contributed by atoms with Crippen molar-refractivity contribution in [3.63, 3.8) is 0 Å². The molecule has 0 heterocycles. The molecule has 0 aliphatic rings. The summed E-state index contributed by atoms with van der Waals surface area (Å²) in [6, 6.07) is 4.41. The van der Waals surface area contributed by atoms with E-state index in [1.54, 1.807) is 14.2 Å². The van der Waals surface area contributed by atoms with Crippen molar-refractivity contribution in [2.75, 3.05) is 14.2 Å². The van der Waals surface area contributed by atoms with E-state index in [-0.39, 0.29) is 0 Å². The van der Waals surface area contributed by atoms with Gasteiger partial charge < -0.3 is 14.8 Å². The molecule has 0 saturated carbocycles. The maximum atomic E-state index is 6.16. The van der Waals surface area contributed by atoms with E-state index in [0.717, 1.165) is 24.9 Å². The van der Waals surface area contributed by atoms with Crippen LogP contribution in [0, 0.1) is 0 Å². The van der Waals surface area contributed by atoms with Gasteiger partial charge >= 0.3 is 0 Å². The molecule has 0 unspecified atom stereocenters. The number of benzene rings is 1. The van der Waals surface area contributed by atoms with E-state index in [2.05, 4.69) is 19.2 Å². The highest BCUT2D eigenvalue weighted by Gasteiger charge is 2.11. The fourth-order valence-corrected chi connectivity index (χ4v) is 2.22. The lowest BCUT2D eigenvalue weighted by molar-refractivity contribution is 0.354. The largest absolute Gasteiger partial charge is 0.493 e. The topological polar surface area (TPSA) is 30.5 Å². The molecule has 18 heavy (non-hydrogen) atoms. The van der Waals surface area contributed by atoms with Crippen LogP contribution in [-0.4, -0.2) is 20.3 Å². The predicted octanol–water partition coefficient (Wildman–Crippen LogP) is 3.64. The van der Waals surface area contributed by atoms with Gasteiger partial charge in [-0.2, -0.15) is 0 Å². The molecule has 0 saturated heterocycles. The summed E-state index contributed by atoms with van der Waals surface area (Å²) in [5, 5.41) is 4.08. The predicted molar refractivity (Wildman–Crippen MR) is 75.8 cm³/mol. The molecule has 1 rings (SSSR count). The van der Waals surface area contributed by atoms with Crippen molar-refractivity contribution < 1.29 is 9.47 Å². The van der Waals surface area contributed by atoms with Crippen molar-refractivity contribution in [1.82, 2.24) is 5.32 Å². The minimum atomic E-state index is 0.539. The van der Waals surface area contributed by atoms with Gasteiger partial charge in [0.1, 0.15) is 0 Å². The highest BCUT2D eigenvalue weighted by molar-refractivity contribution is 6.32. The molecule has 1 N–H and O–H groups in total. The van der Waals surface area contributed by atoms with Crippen molar-refractivity contribution in [3.05, 3.63) is 22.7 Å². The monoisotopic (exact) mass is 271 g/mol. The van der Waals surface area contributed by atoms with Crippen LogP contribution in [-0.2, 0) is 6.54 Å². The number of rotatable bonds is 7. The second-order valence-corrected chi connectivity index (χ2v) is 4.61. The zero-order valence-electron chi connectivity index (χ0n) is 11.5. The second kappa shape index (κ2) is 7.49. The molecule has 0 aromatic heterocycles. The number of hydrogen-bond donors (Lipinski definition) is 1. The van der Waals surface area contributed by atoms with Crippen LogP contribution < -0.4 is 14.8 Å². The summed E-state index contributed by atoms with van der Waals surface area (Å²) in [7, 11) is 3.21. The van der Waals surface area contributed by atoms with Crippen LogP contribution in [0.25, 0.3) is 0 Å². The third-order valence-electron chi connectivity index (χ3n) is 3.07. The summed E-state index contributed by atoms with van der Waals surface area (Å²) in [5.74, 6) is 1.26. The van der Waals surface area contributed by atoms with Crippen LogP contribution in [0.1, 0.15) is 32.3 Å². The summed E-state index contributed by atoms with van der Waals surface area (Å²) in [6.45, 7) is 5.15. The molecule has 0 bridgehead atoms. The molecule has 0 radical (unpaired) electrons. The van der Waals surface area contributed by atoms with Crippen molar-refractivity contribution >= 4 is 11.6 Å². The number of hydrogen-bond acceptors (Lipinski definition) is 3. The van der Waals surface area contributed by atoms with Crippen LogP contribution in [0.5, 0.6) is 11.5 Å². The fourth-order valence-electron chi connectivity index (χ4n) is 1.91. The molecular weight excluding hydrogens is 250 g/mol. The smallest absolute Gasteiger partial charge is 0.179 e. The molecule has 0 spiro atoms. The van der Waals surface area contributed by atoms with E-state index in [1.165, 1.54) is 0 Å². The maximum absolute atomic E-state index is 6.16. The van der Waals surface area contributed by atoms with Gasteiger partial charge in [0.25, 0.3) is 0 Å². The molecule has 1 aromatic rings. The zero-order chi connectivity index (χ0) is 13.5. The van der Waals surface area contributed by atoms with Gasteiger partial charge in [-0.1, -0.05) is 25.4 Å². The van der Waals surface area contributed by atoms with Crippen molar-refractivity contribution in [3.8, 4) is 11.5 Å². The van der Waals surface area contributed by atoms with Gasteiger partial charge in [-0.15, -0.1) is 0 Å². The standard InChI is InChI=1S/C14H22ClNO2/c1-5-11(6-2)16-9-10-7-12(15)14(18-4)13(8-10)17-3/h7-8,11,16H,5-6,9H2,1-4H3. The molecule has 1 aromatic carbocycles. The molecule has 4 heteroatoms. The molecular formula is C14H22ClNO2. The third-order valence-corrected chi connectivity index (χ3v) is 3.35. The summed E-state index contributed by atoms with van der Waals surface area (Å²) in [4.78, 5) is 0. The minimum absolute atomic E-state index is 0.539. The number of ether oxygens (including phenoxy) is 2. The first-order chi connectivity index (χ1) is 8.65. The first kappa shape index (κ1) is 15.1. The van der Waals surface area contributed by atoms with Gasteiger partial charge in [-0.25, -0.2) is 0 Å². The Morgan fingerprint density at radius 1 is 1.17 bits per heavy atom. The molecule has 0 amide bonds. The SMILES string of the molecule is CCC(CC)NCc1cc(Cl)c(OC)c(OC)c1. The van der Waals surface area contributed by atoms with Crippen LogP contribution in [0.3, 0.4) is 0 Å². The van der Waals surface area contributed by atoms with Gasteiger partial charge in [0.15, 0.2) is 11.5 Å². The number of nitrogens with one attached hydrogen (secondary N) is 1. The summed E-state index contributed by atoms with van der Waals surface area (Å²) in [5.41, 5.74) is 1.10. The molecule has 0 aliphatic carbocycles. The van der Waals surface area contributed by atoms with E-state index < -0.39 is 0 Å². The Hall–Kier alpha value is -0.930. The van der Waals surface area contributed by atoms with E-state index in [9.17, 15) is 0 Å². The lowest BCUT2D eigenvalue weighted by atomic mass is 10.1. The molecule has 102 valence electrons. The third kappa shape index (κ3) is 3.79. The van der Waals surface area contributed by atoms with Crippen molar-refractivity contribution in [2.24, 2.45) is 0 Å². The Morgan fingerprint density at radius 3 is 2.33 bits per heavy atom. The normalized spacial score (nSPS) is 10.8. The number of methoxy groups -OCH3 is 2. The molecule has 0 fully saturated rings. The number of halogens is 1. The zero-order valence-corrected chi connectivity index (χ0v) is 12.3. The Labute approximate surface area is 114 Å². The van der Waals surface area contributed by atoms with Crippen molar-refractivity contribution in [1.29, 1.82) is 0 Å². The minimum Gasteiger partial charge on any atom is -0.493 e. The second-order valence-electron chi connectivity index (χ2n) is 4.21. The summed E-state index contributed by atoms with van der Waals surface area (Å²) in [6.07, 6.45) is 2.25. The van der Waals surface area contributed by atoms with Crippen LogP contribution in [0.2, 0.25) is 5.02 Å². The van der Waals surface area contributed by atoms with Gasteiger partial charge in [0.2, 0.25) is 0 Å². The Morgan fingerprint density at radius 2 is 1.83 bits per heavy atom. The van der Waals surface area contributed by atoms with Crippen LogP contribution in [0.4, 0.5) is 0 Å². The first-order valence-electron chi connectivity index (χ1n) is 6.29. The fraction of sp³-hybridized carbons (Fsp3) is 0.571. The summed E-state index contributed by atoms with van der Waals surface area (Å²) < 4.78 is 10.5. The lowest BCUT2D eigenvalue weighted by Crippen LogP contribution is -2.26. The highest BCUT2D eigenvalue weighted by atomic mass is 35.5. The Kier molecular flexibility index (Phi) is 6.30. The Balaban J connectivity index is 2.81. The van der Waals surface area contributed by atoms with Gasteiger partial charge in [-0.05, 0) is 30.5 Å². The van der Waals surface area contributed by atoms with Gasteiger partial charge in [-0.3, -0.25) is 0 Å². The van der Waals surface area contributed by atoms with E-state index in [1.807, 2.05) is 12.1 Å². The average Bonchev–Trinajstić information content (AvgIpc) is 2.39. The average molecular weight is 272 g/mol. The van der Waals surface area contributed by atoms with Crippen molar-refractivity contribution in [2.45, 2.75) is 39.3 Å². The quantitative estimate of drug-likeness (QED) is 0.821. The first-order valence-corrected chi connectivity index (χ1v) is 6.67. The maximum Gasteiger partial charge on any atom is 0.179 e. The van der Waals surface area contributed by atoms with Gasteiger partial charge in [0, 0.05) is 12.6 Å². The van der Waals surface area contributed by atoms with E-state index in [4.69, 9.17) is 21.1 Å². The molecule has 0 atom stereocenters. The summed E-state index contributed by atoms with van der Waals surface area (Å²) >= 11 is 6.16. The lowest BCUT2D eigenvalue weighted by Gasteiger charge is -2.16. The van der Waals surface area contributed by atoms with Gasteiger partial charge in [0.05, 0.1) is 19.2 Å². The van der Waals surface area contributed by atoms with E-state index >= 15 is 0 Å². The highest BCUT2D eigenvalue weighted by Crippen LogP contribution is 2.35. The molecule has 3 nitrogen and oxygen atoms in total. The van der Waals surface area contributed by atoms with Crippen LogP contribution >= 0.6 is 11.6 Å².